The smallest absolute Gasteiger partial charge is 0.139 e. The molecule has 1 aromatic heterocycles. The van der Waals surface area contributed by atoms with Crippen molar-refractivity contribution in [1.82, 2.24) is 4.98 Å². The highest BCUT2D eigenvalue weighted by Crippen LogP contribution is 2.22. The lowest BCUT2D eigenvalue weighted by molar-refractivity contribution is -0.118. The van der Waals surface area contributed by atoms with Gasteiger partial charge in [-0.05, 0) is 24.5 Å². The zero-order valence-corrected chi connectivity index (χ0v) is 11.1. The summed E-state index contributed by atoms with van der Waals surface area (Å²) in [6, 6.07) is 8.03. The first kappa shape index (κ1) is 12.2. The van der Waals surface area contributed by atoms with Gasteiger partial charge in [0.15, 0.2) is 0 Å². The molecule has 0 amide bonds. The standard InChI is InChI=1S/C14H17NOS/c1-10(2)7-8-11(16)9-14-15-12-5-3-4-6-13(12)17-14/h3-6,10H,7-9H2,1-2H3. The van der Waals surface area contributed by atoms with Crippen LogP contribution in [0.15, 0.2) is 24.3 Å². The van der Waals surface area contributed by atoms with Gasteiger partial charge in [-0.25, -0.2) is 4.98 Å². The highest BCUT2D eigenvalue weighted by Gasteiger charge is 2.09. The first-order valence-corrected chi connectivity index (χ1v) is 6.83. The number of Topliss-reactive ketones (excluding diaryl/α,β-unsaturated/α-hetero) is 1. The van der Waals surface area contributed by atoms with E-state index in [0.29, 0.717) is 24.5 Å². The molecule has 0 saturated heterocycles. The Hall–Kier alpha value is -1.22. The highest BCUT2D eigenvalue weighted by molar-refractivity contribution is 7.18. The molecule has 1 heterocycles. The van der Waals surface area contributed by atoms with E-state index in [2.05, 4.69) is 24.9 Å². The summed E-state index contributed by atoms with van der Waals surface area (Å²) < 4.78 is 1.17. The predicted molar refractivity (Wildman–Crippen MR) is 72.4 cm³/mol. The van der Waals surface area contributed by atoms with Crippen LogP contribution in [0.5, 0.6) is 0 Å². The van der Waals surface area contributed by atoms with Crippen LogP contribution in [0.25, 0.3) is 10.2 Å². The number of hydrogen-bond acceptors (Lipinski definition) is 3. The van der Waals surface area contributed by atoms with Gasteiger partial charge >= 0.3 is 0 Å². The Morgan fingerprint density at radius 3 is 2.82 bits per heavy atom. The Morgan fingerprint density at radius 1 is 1.35 bits per heavy atom. The van der Waals surface area contributed by atoms with Crippen molar-refractivity contribution in [3.63, 3.8) is 0 Å². The largest absolute Gasteiger partial charge is 0.299 e. The molecule has 0 aliphatic carbocycles. The van der Waals surface area contributed by atoms with Crippen LogP contribution in [0, 0.1) is 5.92 Å². The maximum atomic E-state index is 11.8. The van der Waals surface area contributed by atoms with Crippen molar-refractivity contribution in [2.45, 2.75) is 33.1 Å². The lowest BCUT2D eigenvalue weighted by atomic mass is 10.0. The summed E-state index contributed by atoms with van der Waals surface area (Å²) in [6.45, 7) is 4.29. The Morgan fingerprint density at radius 2 is 2.12 bits per heavy atom. The van der Waals surface area contributed by atoms with Gasteiger partial charge in [-0.3, -0.25) is 4.79 Å². The summed E-state index contributed by atoms with van der Waals surface area (Å²) in [5.74, 6) is 0.895. The summed E-state index contributed by atoms with van der Waals surface area (Å²) in [5.41, 5.74) is 1.00. The van der Waals surface area contributed by atoms with Gasteiger partial charge in [0, 0.05) is 6.42 Å². The van der Waals surface area contributed by atoms with Crippen LogP contribution >= 0.6 is 11.3 Å². The summed E-state index contributed by atoms with van der Waals surface area (Å²) in [5, 5.41) is 0.944. The fourth-order valence-corrected chi connectivity index (χ4v) is 2.70. The van der Waals surface area contributed by atoms with Crippen molar-refractivity contribution in [2.75, 3.05) is 0 Å². The molecule has 0 aliphatic rings. The molecule has 0 N–H and O–H groups in total. The second-order valence-corrected chi connectivity index (χ2v) is 5.84. The minimum Gasteiger partial charge on any atom is -0.299 e. The average molecular weight is 247 g/mol. The van der Waals surface area contributed by atoms with Crippen molar-refractivity contribution in [3.05, 3.63) is 29.3 Å². The van der Waals surface area contributed by atoms with Crippen molar-refractivity contribution in [2.24, 2.45) is 5.92 Å². The van der Waals surface area contributed by atoms with E-state index in [0.717, 1.165) is 16.9 Å². The lowest BCUT2D eigenvalue weighted by Crippen LogP contribution is -2.03. The molecule has 0 atom stereocenters. The number of carbonyl (C=O) groups excluding carboxylic acids is 1. The van der Waals surface area contributed by atoms with E-state index in [4.69, 9.17) is 0 Å². The molecule has 0 bridgehead atoms. The lowest BCUT2D eigenvalue weighted by Gasteiger charge is -2.01. The van der Waals surface area contributed by atoms with Gasteiger partial charge in [-0.2, -0.15) is 0 Å². The van der Waals surface area contributed by atoms with Crippen LogP contribution in [0.3, 0.4) is 0 Å². The van der Waals surface area contributed by atoms with E-state index in [1.807, 2.05) is 18.2 Å². The van der Waals surface area contributed by atoms with Crippen molar-refractivity contribution < 1.29 is 4.79 Å². The SMILES string of the molecule is CC(C)CCC(=O)Cc1nc2ccccc2s1. The molecule has 0 radical (unpaired) electrons. The van der Waals surface area contributed by atoms with Crippen molar-refractivity contribution >= 4 is 27.3 Å². The van der Waals surface area contributed by atoms with Gasteiger partial charge in [-0.15, -0.1) is 11.3 Å². The average Bonchev–Trinajstić information content (AvgIpc) is 2.68. The van der Waals surface area contributed by atoms with Crippen LogP contribution < -0.4 is 0 Å². The topological polar surface area (TPSA) is 30.0 Å². The van der Waals surface area contributed by atoms with Crippen LogP contribution in [-0.2, 0) is 11.2 Å². The molecule has 90 valence electrons. The number of thiazole rings is 1. The fraction of sp³-hybridized carbons (Fsp3) is 0.429. The van der Waals surface area contributed by atoms with E-state index in [1.54, 1.807) is 11.3 Å². The third kappa shape index (κ3) is 3.37. The molecule has 2 rings (SSSR count). The maximum Gasteiger partial charge on any atom is 0.139 e. The first-order valence-electron chi connectivity index (χ1n) is 6.01. The Kier molecular flexibility index (Phi) is 3.89. The molecule has 2 aromatic rings. The number of carbonyl (C=O) groups is 1. The fourth-order valence-electron chi connectivity index (χ4n) is 1.70. The number of hydrogen-bond donors (Lipinski definition) is 0. The number of para-hydroxylation sites is 1. The number of ketones is 1. The minimum atomic E-state index is 0.303. The number of fused-ring (bicyclic) bond motifs is 1. The second kappa shape index (κ2) is 5.41. The van der Waals surface area contributed by atoms with Gasteiger partial charge in [-0.1, -0.05) is 26.0 Å². The van der Waals surface area contributed by atoms with E-state index >= 15 is 0 Å². The number of nitrogens with zero attached hydrogens (tertiary/aromatic N) is 1. The quantitative estimate of drug-likeness (QED) is 0.803. The molecule has 2 nitrogen and oxygen atoms in total. The Labute approximate surface area is 106 Å². The van der Waals surface area contributed by atoms with Gasteiger partial charge in [0.1, 0.15) is 10.8 Å². The van der Waals surface area contributed by atoms with Gasteiger partial charge < -0.3 is 0 Å². The van der Waals surface area contributed by atoms with Gasteiger partial charge in [0.25, 0.3) is 0 Å². The predicted octanol–water partition coefficient (Wildman–Crippen LogP) is 3.84. The number of benzene rings is 1. The molecular weight excluding hydrogens is 230 g/mol. The van der Waals surface area contributed by atoms with Gasteiger partial charge in [0.05, 0.1) is 16.6 Å². The summed E-state index contributed by atoms with van der Waals surface area (Å²) in [7, 11) is 0. The molecular formula is C14H17NOS. The van der Waals surface area contributed by atoms with E-state index < -0.39 is 0 Å². The summed E-state index contributed by atoms with van der Waals surface area (Å²) in [4.78, 5) is 16.2. The Balaban J connectivity index is 2.01. The summed E-state index contributed by atoms with van der Waals surface area (Å²) >= 11 is 1.63. The van der Waals surface area contributed by atoms with Crippen LogP contribution in [0.4, 0.5) is 0 Å². The van der Waals surface area contributed by atoms with Crippen molar-refractivity contribution in [3.8, 4) is 0 Å². The number of rotatable bonds is 5. The van der Waals surface area contributed by atoms with Crippen LogP contribution in [0.2, 0.25) is 0 Å². The molecule has 1 aromatic carbocycles. The molecule has 3 heteroatoms. The normalized spacial score (nSPS) is 11.2. The molecule has 0 aliphatic heterocycles. The molecule has 0 spiro atoms. The molecule has 0 fully saturated rings. The molecule has 0 unspecified atom stereocenters. The Bertz CT molecular complexity index is 483. The summed E-state index contributed by atoms with van der Waals surface area (Å²) in [6.07, 6.45) is 2.14. The van der Waals surface area contributed by atoms with E-state index in [1.165, 1.54) is 4.70 Å². The number of aromatic nitrogens is 1. The zero-order valence-electron chi connectivity index (χ0n) is 10.3. The van der Waals surface area contributed by atoms with E-state index in [9.17, 15) is 4.79 Å². The van der Waals surface area contributed by atoms with Crippen LogP contribution in [-0.4, -0.2) is 10.8 Å². The zero-order chi connectivity index (χ0) is 12.3. The second-order valence-electron chi connectivity index (χ2n) is 4.72. The third-order valence-corrected chi connectivity index (χ3v) is 3.72. The van der Waals surface area contributed by atoms with Crippen molar-refractivity contribution in [1.29, 1.82) is 0 Å². The molecule has 17 heavy (non-hydrogen) atoms. The molecule has 0 saturated carbocycles. The highest BCUT2D eigenvalue weighted by atomic mass is 32.1. The minimum absolute atomic E-state index is 0.303. The van der Waals surface area contributed by atoms with E-state index in [-0.39, 0.29) is 0 Å². The monoisotopic (exact) mass is 247 g/mol. The first-order chi connectivity index (χ1) is 8.15. The van der Waals surface area contributed by atoms with Crippen LogP contribution in [0.1, 0.15) is 31.7 Å². The third-order valence-electron chi connectivity index (χ3n) is 2.69. The maximum absolute atomic E-state index is 11.8. The van der Waals surface area contributed by atoms with Gasteiger partial charge in [0.2, 0.25) is 0 Å².